The van der Waals surface area contributed by atoms with E-state index >= 15 is 0 Å². The number of aliphatic hydroxyl groups excluding tert-OH is 1. The smallest absolute Gasteiger partial charge is 0.216 e. The lowest BCUT2D eigenvalue weighted by molar-refractivity contribution is 0.210. The molecule has 14 heavy (non-hydrogen) atoms. The van der Waals surface area contributed by atoms with Crippen LogP contribution in [0.5, 0.6) is 0 Å². The van der Waals surface area contributed by atoms with Crippen molar-refractivity contribution in [3.63, 3.8) is 0 Å². The summed E-state index contributed by atoms with van der Waals surface area (Å²) >= 11 is 3.25. The van der Waals surface area contributed by atoms with Crippen LogP contribution in [0, 0.1) is 11.4 Å². The number of hydrogen-bond donors (Lipinski definition) is 1. The summed E-state index contributed by atoms with van der Waals surface area (Å²) in [6, 6.07) is 1.73. The first-order valence-corrected chi connectivity index (χ1v) is 5.35. The summed E-state index contributed by atoms with van der Waals surface area (Å²) in [5, 5.41) is 9.12. The zero-order chi connectivity index (χ0) is 10.2. The maximum absolute atomic E-state index is 13.3. The highest BCUT2D eigenvalue weighted by Gasteiger charge is 2.42. The lowest BCUT2D eigenvalue weighted by Crippen LogP contribution is -2.11. The van der Waals surface area contributed by atoms with Gasteiger partial charge in [-0.2, -0.15) is 4.39 Å². The van der Waals surface area contributed by atoms with Gasteiger partial charge < -0.3 is 5.11 Å². The predicted molar refractivity (Wildman–Crippen MR) is 54.4 cm³/mol. The third-order valence-electron chi connectivity index (χ3n) is 2.74. The molecule has 0 unspecified atom stereocenters. The third kappa shape index (κ3) is 1.96. The quantitative estimate of drug-likeness (QED) is 0.846. The van der Waals surface area contributed by atoms with E-state index in [-0.39, 0.29) is 12.0 Å². The van der Waals surface area contributed by atoms with Crippen LogP contribution in [0.15, 0.2) is 16.7 Å². The van der Waals surface area contributed by atoms with Gasteiger partial charge in [0.1, 0.15) is 0 Å². The maximum Gasteiger partial charge on any atom is 0.216 e. The fraction of sp³-hybridized carbons (Fsp3) is 0.500. The van der Waals surface area contributed by atoms with E-state index in [4.69, 9.17) is 5.11 Å². The van der Waals surface area contributed by atoms with Gasteiger partial charge in [0.2, 0.25) is 5.95 Å². The molecular formula is C10H11BrFNO. The van der Waals surface area contributed by atoms with Gasteiger partial charge in [0.15, 0.2) is 0 Å². The van der Waals surface area contributed by atoms with Crippen molar-refractivity contribution in [1.82, 2.24) is 4.98 Å². The molecular weight excluding hydrogens is 249 g/mol. The van der Waals surface area contributed by atoms with Gasteiger partial charge in [0, 0.05) is 22.8 Å². The minimum Gasteiger partial charge on any atom is -0.396 e. The number of hydrogen-bond acceptors (Lipinski definition) is 2. The minimum absolute atomic E-state index is 0.0662. The number of aromatic nitrogens is 1. The largest absolute Gasteiger partial charge is 0.396 e. The van der Waals surface area contributed by atoms with Gasteiger partial charge in [-0.1, -0.05) is 0 Å². The van der Waals surface area contributed by atoms with Crippen molar-refractivity contribution in [3.8, 4) is 0 Å². The molecule has 0 radical (unpaired) electrons. The molecule has 2 nitrogen and oxygen atoms in total. The van der Waals surface area contributed by atoms with Gasteiger partial charge in [-0.15, -0.1) is 0 Å². The first kappa shape index (κ1) is 10.1. The molecule has 2 rings (SSSR count). The standard InChI is InChI=1S/C10H11BrFNO/c11-8-3-7(9(12)13-5-8)4-10(6-14)1-2-10/h3,5,14H,1-2,4,6H2. The van der Waals surface area contributed by atoms with Crippen LogP contribution in [0.3, 0.4) is 0 Å². The van der Waals surface area contributed by atoms with Crippen LogP contribution in [0.25, 0.3) is 0 Å². The Bertz CT molecular complexity index is 352. The second-order valence-electron chi connectivity index (χ2n) is 3.94. The van der Waals surface area contributed by atoms with Gasteiger partial charge >= 0.3 is 0 Å². The van der Waals surface area contributed by atoms with E-state index in [1.165, 1.54) is 6.20 Å². The molecule has 0 aromatic carbocycles. The van der Waals surface area contributed by atoms with Crippen molar-refractivity contribution in [3.05, 3.63) is 28.2 Å². The Balaban J connectivity index is 2.20. The molecule has 4 heteroatoms. The second kappa shape index (κ2) is 3.59. The van der Waals surface area contributed by atoms with E-state index in [9.17, 15) is 4.39 Å². The molecule has 0 aliphatic heterocycles. The molecule has 0 bridgehead atoms. The Morgan fingerprint density at radius 3 is 2.86 bits per heavy atom. The summed E-state index contributed by atoms with van der Waals surface area (Å²) in [5.41, 5.74) is 0.523. The monoisotopic (exact) mass is 259 g/mol. The van der Waals surface area contributed by atoms with Crippen molar-refractivity contribution in [2.45, 2.75) is 19.3 Å². The number of aliphatic hydroxyl groups is 1. The van der Waals surface area contributed by atoms with Gasteiger partial charge in [-0.3, -0.25) is 0 Å². The molecule has 0 atom stereocenters. The van der Waals surface area contributed by atoms with Crippen molar-refractivity contribution >= 4 is 15.9 Å². The Hall–Kier alpha value is -0.480. The number of rotatable bonds is 3. The highest BCUT2D eigenvalue weighted by atomic mass is 79.9. The first-order valence-electron chi connectivity index (χ1n) is 4.56. The highest BCUT2D eigenvalue weighted by molar-refractivity contribution is 9.10. The predicted octanol–water partition coefficient (Wildman–Crippen LogP) is 2.30. The molecule has 1 aliphatic rings. The summed E-state index contributed by atoms with van der Waals surface area (Å²) < 4.78 is 14.0. The fourth-order valence-electron chi connectivity index (χ4n) is 1.56. The van der Waals surface area contributed by atoms with E-state index in [1.54, 1.807) is 6.07 Å². The highest BCUT2D eigenvalue weighted by Crippen LogP contribution is 2.48. The molecule has 0 saturated heterocycles. The lowest BCUT2D eigenvalue weighted by Gasteiger charge is -2.11. The Morgan fingerprint density at radius 1 is 1.57 bits per heavy atom. The summed E-state index contributed by atoms with van der Waals surface area (Å²) in [7, 11) is 0. The normalized spacial score (nSPS) is 18.2. The molecule has 1 saturated carbocycles. The fourth-order valence-corrected chi connectivity index (χ4v) is 1.94. The van der Waals surface area contributed by atoms with Crippen LogP contribution in [0.4, 0.5) is 4.39 Å². The van der Waals surface area contributed by atoms with E-state index in [1.807, 2.05) is 0 Å². The summed E-state index contributed by atoms with van der Waals surface area (Å²) in [5.74, 6) is -0.423. The Labute approximate surface area is 90.3 Å². The van der Waals surface area contributed by atoms with Crippen molar-refractivity contribution in [2.24, 2.45) is 5.41 Å². The van der Waals surface area contributed by atoms with Gasteiger partial charge in [0.25, 0.3) is 0 Å². The van der Waals surface area contributed by atoms with Crippen LogP contribution in [-0.2, 0) is 6.42 Å². The molecule has 1 fully saturated rings. The second-order valence-corrected chi connectivity index (χ2v) is 4.85. The molecule has 0 amide bonds. The molecule has 76 valence electrons. The van der Waals surface area contributed by atoms with Gasteiger partial charge in [0.05, 0.1) is 0 Å². The average molecular weight is 260 g/mol. The van der Waals surface area contributed by atoms with Crippen LogP contribution >= 0.6 is 15.9 Å². The van der Waals surface area contributed by atoms with E-state index in [0.29, 0.717) is 12.0 Å². The van der Waals surface area contributed by atoms with Crippen LogP contribution in [0.2, 0.25) is 0 Å². The molecule has 1 aromatic heterocycles. The van der Waals surface area contributed by atoms with E-state index in [0.717, 1.165) is 17.3 Å². The van der Waals surface area contributed by atoms with Crippen molar-refractivity contribution in [2.75, 3.05) is 6.61 Å². The third-order valence-corrected chi connectivity index (χ3v) is 3.17. The average Bonchev–Trinajstić information content (AvgIpc) is 2.92. The van der Waals surface area contributed by atoms with Crippen LogP contribution in [0.1, 0.15) is 18.4 Å². The summed E-state index contributed by atoms with van der Waals surface area (Å²) in [4.78, 5) is 3.63. The topological polar surface area (TPSA) is 33.1 Å². The number of halogens is 2. The van der Waals surface area contributed by atoms with E-state index in [2.05, 4.69) is 20.9 Å². The Kier molecular flexibility index (Phi) is 2.58. The first-order chi connectivity index (χ1) is 6.65. The summed E-state index contributed by atoms with van der Waals surface area (Å²) in [6.07, 6.45) is 3.99. The molecule has 0 spiro atoms. The zero-order valence-corrected chi connectivity index (χ0v) is 9.22. The van der Waals surface area contributed by atoms with Gasteiger partial charge in [-0.05, 0) is 46.7 Å². The van der Waals surface area contributed by atoms with E-state index < -0.39 is 5.95 Å². The lowest BCUT2D eigenvalue weighted by atomic mass is 9.98. The number of nitrogens with zero attached hydrogens (tertiary/aromatic N) is 1. The molecule has 1 aliphatic carbocycles. The number of pyridine rings is 1. The molecule has 1 N–H and O–H groups in total. The molecule has 1 heterocycles. The summed E-state index contributed by atoms with van der Waals surface area (Å²) in [6.45, 7) is 0.138. The Morgan fingerprint density at radius 2 is 2.29 bits per heavy atom. The molecule has 1 aromatic rings. The zero-order valence-electron chi connectivity index (χ0n) is 7.63. The van der Waals surface area contributed by atoms with Gasteiger partial charge in [-0.25, -0.2) is 4.98 Å². The van der Waals surface area contributed by atoms with Crippen molar-refractivity contribution < 1.29 is 9.50 Å². The maximum atomic E-state index is 13.3. The minimum atomic E-state index is -0.423. The van der Waals surface area contributed by atoms with Crippen LogP contribution in [-0.4, -0.2) is 16.7 Å². The van der Waals surface area contributed by atoms with Crippen molar-refractivity contribution in [1.29, 1.82) is 0 Å². The van der Waals surface area contributed by atoms with Crippen LogP contribution < -0.4 is 0 Å². The SMILES string of the molecule is OCC1(Cc2cc(Br)cnc2F)CC1.